The molecule has 5 nitrogen and oxygen atoms in total. The number of amides is 1. The van der Waals surface area contributed by atoms with Crippen molar-refractivity contribution in [1.82, 2.24) is 15.5 Å². The van der Waals surface area contributed by atoms with Gasteiger partial charge in [0.25, 0.3) is 5.91 Å². The zero-order chi connectivity index (χ0) is 18.6. The van der Waals surface area contributed by atoms with Crippen LogP contribution in [-0.4, -0.2) is 22.6 Å². The first-order chi connectivity index (χ1) is 13.2. The number of aromatic nitrogens is 2. The fourth-order valence-corrected chi connectivity index (χ4v) is 3.63. The molecule has 0 saturated carbocycles. The number of nitrogens with zero attached hydrogens (tertiary/aromatic N) is 1. The summed E-state index contributed by atoms with van der Waals surface area (Å²) in [7, 11) is 0. The second-order valence-electron chi connectivity index (χ2n) is 5.94. The Hall–Kier alpha value is -3.19. The number of hydrogen-bond acceptors (Lipinski definition) is 4. The molecule has 27 heavy (non-hydrogen) atoms. The number of fused-ring (bicyclic) bond motifs is 2. The lowest BCUT2D eigenvalue weighted by Crippen LogP contribution is -2.25. The monoisotopic (exact) mass is 381 g/mol. The van der Waals surface area contributed by atoms with Crippen molar-refractivity contribution in [3.63, 3.8) is 0 Å². The maximum atomic E-state index is 13.5. The van der Waals surface area contributed by atoms with Crippen molar-refractivity contribution in [3.8, 4) is 0 Å². The molecule has 0 aliphatic heterocycles. The number of rotatable bonds is 4. The van der Waals surface area contributed by atoms with Gasteiger partial charge in [0.1, 0.15) is 5.82 Å². The van der Waals surface area contributed by atoms with Crippen molar-refractivity contribution in [3.05, 3.63) is 77.9 Å². The van der Waals surface area contributed by atoms with E-state index < -0.39 is 0 Å². The molecule has 0 radical (unpaired) electrons. The fraction of sp³-hybridized carbons (Fsp3) is 0.100. The van der Waals surface area contributed by atoms with E-state index in [-0.39, 0.29) is 11.7 Å². The maximum absolute atomic E-state index is 13.5. The van der Waals surface area contributed by atoms with Crippen molar-refractivity contribution >= 4 is 37.7 Å². The zero-order valence-corrected chi connectivity index (χ0v) is 15.1. The average molecular weight is 381 g/mol. The number of hydrogen-bond donors (Lipinski definition) is 2. The highest BCUT2D eigenvalue weighted by Gasteiger charge is 2.08. The van der Waals surface area contributed by atoms with E-state index >= 15 is 0 Å². The van der Waals surface area contributed by atoms with Gasteiger partial charge in [0.2, 0.25) is 0 Å². The first-order valence-electron chi connectivity index (χ1n) is 8.41. The summed E-state index contributed by atoms with van der Waals surface area (Å²) in [5.74, 6) is -0.495. The minimum Gasteiger partial charge on any atom is -0.381 e. The van der Waals surface area contributed by atoms with E-state index in [0.29, 0.717) is 34.3 Å². The van der Waals surface area contributed by atoms with Crippen LogP contribution in [0.1, 0.15) is 16.1 Å². The van der Waals surface area contributed by atoms with Gasteiger partial charge in [0.05, 0.1) is 14.9 Å². The third-order valence-electron chi connectivity index (χ3n) is 4.03. The number of carbonyl (C=O) groups is 1. The Kier molecular flexibility index (Phi) is 4.84. The highest BCUT2D eigenvalue weighted by molar-refractivity contribution is 7.24. The van der Waals surface area contributed by atoms with Gasteiger partial charge < -0.3 is 9.84 Å². The molecule has 0 saturated heterocycles. The van der Waals surface area contributed by atoms with Gasteiger partial charge >= 0.3 is 0 Å². The summed E-state index contributed by atoms with van der Waals surface area (Å²) in [4.78, 5) is 16.6. The fourth-order valence-electron chi connectivity index (χ4n) is 2.67. The van der Waals surface area contributed by atoms with Crippen LogP contribution < -0.4 is 5.32 Å². The van der Waals surface area contributed by atoms with Gasteiger partial charge in [-0.1, -0.05) is 6.07 Å². The Morgan fingerprint density at radius 3 is 2.93 bits per heavy atom. The predicted molar refractivity (Wildman–Crippen MR) is 104 cm³/mol. The lowest BCUT2D eigenvalue weighted by molar-refractivity contribution is 0.0954. The summed E-state index contributed by atoms with van der Waals surface area (Å²) in [6.07, 6.45) is 2.40. The molecule has 136 valence electrons. The quantitative estimate of drug-likeness (QED) is 0.542. The van der Waals surface area contributed by atoms with E-state index in [4.69, 9.17) is 4.52 Å². The van der Waals surface area contributed by atoms with Crippen LogP contribution in [0.3, 0.4) is 0 Å². The van der Waals surface area contributed by atoms with Gasteiger partial charge in [0, 0.05) is 30.4 Å². The van der Waals surface area contributed by atoms with Gasteiger partial charge in [-0.15, -0.1) is 11.3 Å². The standard InChI is InChI=1S/C20H16FN3O2S/c21-14-5-6-17-19(12-14)27-18-7-4-13(11-16(18)24-26-17)20(25)23-10-8-15-3-1-2-9-22-15/h1-7,9,11-12,24H,8,10H2,(H,23,25). The molecule has 0 spiro atoms. The van der Waals surface area contributed by atoms with Crippen LogP contribution in [0.15, 0.2) is 65.3 Å². The molecular weight excluding hydrogens is 365 g/mol. The van der Waals surface area contributed by atoms with E-state index in [1.807, 2.05) is 24.3 Å². The second-order valence-corrected chi connectivity index (χ2v) is 7.02. The molecule has 0 unspecified atom stereocenters. The molecule has 0 atom stereocenters. The SMILES string of the molecule is O=C(NCCc1ccccn1)c1ccc2sc3cc(F)ccc3o[nH]c2c1. The maximum Gasteiger partial charge on any atom is 0.251 e. The van der Waals surface area contributed by atoms with Crippen LogP contribution in [-0.2, 0) is 6.42 Å². The smallest absolute Gasteiger partial charge is 0.251 e. The topological polar surface area (TPSA) is 70.9 Å². The Morgan fingerprint density at radius 1 is 1.15 bits per heavy atom. The van der Waals surface area contributed by atoms with Crippen molar-refractivity contribution in [2.75, 3.05) is 6.54 Å². The first kappa shape index (κ1) is 17.2. The average Bonchev–Trinajstić information content (AvgIpc) is 2.86. The summed E-state index contributed by atoms with van der Waals surface area (Å²) >= 11 is 1.39. The van der Waals surface area contributed by atoms with Crippen molar-refractivity contribution in [2.24, 2.45) is 0 Å². The van der Waals surface area contributed by atoms with Crippen LogP contribution in [0.4, 0.5) is 4.39 Å². The lowest BCUT2D eigenvalue weighted by atomic mass is 10.2. The van der Waals surface area contributed by atoms with Crippen LogP contribution in [0.25, 0.3) is 20.5 Å². The number of halogens is 1. The van der Waals surface area contributed by atoms with Crippen molar-refractivity contribution < 1.29 is 13.7 Å². The predicted octanol–water partition coefficient (Wildman–Crippen LogP) is 4.61. The Bertz CT molecular complexity index is 1150. The van der Waals surface area contributed by atoms with Gasteiger partial charge in [-0.25, -0.2) is 9.55 Å². The molecular formula is C20H16FN3O2S. The molecule has 2 aromatic carbocycles. The third-order valence-corrected chi connectivity index (χ3v) is 5.15. The molecule has 0 aliphatic carbocycles. The van der Waals surface area contributed by atoms with Gasteiger partial charge in [-0.2, -0.15) is 0 Å². The van der Waals surface area contributed by atoms with E-state index in [9.17, 15) is 9.18 Å². The van der Waals surface area contributed by atoms with Gasteiger partial charge in [0.15, 0.2) is 5.58 Å². The zero-order valence-electron chi connectivity index (χ0n) is 14.2. The van der Waals surface area contributed by atoms with Crippen LogP contribution in [0, 0.1) is 5.82 Å². The van der Waals surface area contributed by atoms with Gasteiger partial charge in [-0.05, 0) is 48.5 Å². The molecule has 2 N–H and O–H groups in total. The molecule has 0 fully saturated rings. The Balaban J connectivity index is 1.56. The van der Waals surface area contributed by atoms with Crippen LogP contribution >= 0.6 is 11.3 Å². The van der Waals surface area contributed by atoms with Gasteiger partial charge in [-0.3, -0.25) is 9.78 Å². The molecule has 0 aliphatic rings. The first-order valence-corrected chi connectivity index (χ1v) is 9.23. The van der Waals surface area contributed by atoms with E-state index in [1.165, 1.54) is 23.5 Å². The number of aromatic amines is 1. The summed E-state index contributed by atoms with van der Waals surface area (Å²) in [6.45, 7) is 0.496. The van der Waals surface area contributed by atoms with E-state index in [0.717, 1.165) is 10.4 Å². The Labute approximate surface area is 158 Å². The van der Waals surface area contributed by atoms with E-state index in [2.05, 4.69) is 15.5 Å². The molecule has 4 aromatic rings. The highest BCUT2D eigenvalue weighted by Crippen LogP contribution is 2.25. The summed E-state index contributed by atoms with van der Waals surface area (Å²) in [6, 6.07) is 15.3. The van der Waals surface area contributed by atoms with Crippen LogP contribution in [0.2, 0.25) is 0 Å². The number of carbonyl (C=O) groups excluding carboxylic acids is 1. The number of benzene rings is 2. The molecule has 2 aromatic heterocycles. The largest absolute Gasteiger partial charge is 0.381 e. The normalized spacial score (nSPS) is 10.9. The summed E-state index contributed by atoms with van der Waals surface area (Å²) in [5, 5.41) is 5.74. The highest BCUT2D eigenvalue weighted by atomic mass is 32.1. The molecule has 4 rings (SSSR count). The van der Waals surface area contributed by atoms with Crippen molar-refractivity contribution in [1.29, 1.82) is 0 Å². The third kappa shape index (κ3) is 3.98. The summed E-state index contributed by atoms with van der Waals surface area (Å²) in [5.41, 5.74) is 2.65. The molecule has 7 heteroatoms. The van der Waals surface area contributed by atoms with Crippen LogP contribution in [0.5, 0.6) is 0 Å². The number of nitrogens with one attached hydrogen (secondary N) is 2. The lowest BCUT2D eigenvalue weighted by Gasteiger charge is -2.05. The Morgan fingerprint density at radius 2 is 2.07 bits per heavy atom. The minimum absolute atomic E-state index is 0.173. The molecule has 0 bridgehead atoms. The number of pyridine rings is 1. The summed E-state index contributed by atoms with van der Waals surface area (Å²) < 4.78 is 20.5. The molecule has 2 heterocycles. The van der Waals surface area contributed by atoms with E-state index in [1.54, 1.807) is 24.4 Å². The minimum atomic E-state index is -0.322. The second kappa shape index (κ2) is 7.59. The van der Waals surface area contributed by atoms with Crippen molar-refractivity contribution in [2.45, 2.75) is 6.42 Å². The molecule has 1 amide bonds. The number of H-pyrrole nitrogens is 1.